The van der Waals surface area contributed by atoms with Crippen LogP contribution in [-0.2, 0) is 28.4 Å². The number of aliphatic hydroxyl groups is 1. The number of esters is 1. The second-order valence-electron chi connectivity index (χ2n) is 21.9. The maximum absolute atomic E-state index is 13.5. The molecule has 4 saturated carbocycles. The highest BCUT2D eigenvalue weighted by molar-refractivity contribution is 5.89. The number of carbonyl (C=O) groups excluding carboxylic acids is 1. The van der Waals surface area contributed by atoms with E-state index in [0.717, 1.165) is 45.1 Å². The summed E-state index contributed by atoms with van der Waals surface area (Å²) in [6.45, 7) is 21.6. The molecule has 1 N–H and O–H groups in total. The first-order valence-corrected chi connectivity index (χ1v) is 24.1. The number of ether oxygens (including phenoxy) is 6. The maximum Gasteiger partial charge on any atom is 0.338 e. The molecular formula is C51H76O8. The van der Waals surface area contributed by atoms with E-state index in [2.05, 4.69) is 68.4 Å². The number of fused-ring (bicyclic) bond motifs is 7. The molecular weight excluding hydrogens is 741 g/mol. The summed E-state index contributed by atoms with van der Waals surface area (Å²) >= 11 is 0. The van der Waals surface area contributed by atoms with Gasteiger partial charge in [-0.05, 0) is 135 Å². The van der Waals surface area contributed by atoms with Crippen molar-refractivity contribution in [2.24, 2.45) is 70.0 Å². The molecule has 0 aromatic heterocycles. The van der Waals surface area contributed by atoms with Gasteiger partial charge in [0, 0.05) is 18.3 Å². The van der Waals surface area contributed by atoms with Gasteiger partial charge in [0.25, 0.3) is 0 Å². The Bertz CT molecular complexity index is 1690. The third kappa shape index (κ3) is 7.12. The number of rotatable bonds is 7. The predicted octanol–water partition coefficient (Wildman–Crippen LogP) is 10.2. The minimum absolute atomic E-state index is 0.0150. The van der Waals surface area contributed by atoms with Crippen molar-refractivity contribution < 1.29 is 38.3 Å². The molecule has 21 atom stereocenters. The summed E-state index contributed by atoms with van der Waals surface area (Å²) < 4.78 is 40.9. The number of hydrogen-bond acceptors (Lipinski definition) is 8. The third-order valence-corrected chi connectivity index (χ3v) is 18.9. The van der Waals surface area contributed by atoms with Gasteiger partial charge in [0.1, 0.15) is 12.2 Å². The van der Waals surface area contributed by atoms with Gasteiger partial charge in [-0.25, -0.2) is 4.79 Å². The van der Waals surface area contributed by atoms with Crippen LogP contribution in [0.15, 0.2) is 42.0 Å². The van der Waals surface area contributed by atoms with Crippen molar-refractivity contribution in [1.82, 2.24) is 0 Å². The van der Waals surface area contributed by atoms with Gasteiger partial charge in [0.2, 0.25) is 0 Å². The van der Waals surface area contributed by atoms with E-state index in [1.165, 1.54) is 25.7 Å². The average Bonchev–Trinajstić information content (AvgIpc) is 3.68. The summed E-state index contributed by atoms with van der Waals surface area (Å²) in [6, 6.07) is 9.25. The van der Waals surface area contributed by atoms with Crippen LogP contribution >= 0.6 is 0 Å². The Morgan fingerprint density at radius 1 is 0.881 bits per heavy atom. The number of allylic oxidation sites excluding steroid dienone is 1. The number of hydrogen-bond donors (Lipinski definition) is 1. The Hall–Kier alpha value is -1.81. The maximum atomic E-state index is 13.5. The number of carbonyl (C=O) groups is 1. The zero-order valence-electron chi connectivity index (χ0n) is 37.6. The van der Waals surface area contributed by atoms with E-state index in [9.17, 15) is 9.90 Å². The molecule has 1 aromatic rings. The second-order valence-corrected chi connectivity index (χ2v) is 21.9. The molecule has 8 nitrogen and oxygen atoms in total. The van der Waals surface area contributed by atoms with Crippen molar-refractivity contribution >= 4 is 5.97 Å². The van der Waals surface area contributed by atoms with E-state index in [4.69, 9.17) is 28.4 Å². The van der Waals surface area contributed by atoms with Crippen molar-refractivity contribution in [3.63, 3.8) is 0 Å². The molecule has 0 radical (unpaired) electrons. The van der Waals surface area contributed by atoms with E-state index >= 15 is 0 Å². The van der Waals surface area contributed by atoms with E-state index in [1.807, 2.05) is 18.2 Å². The van der Waals surface area contributed by atoms with Crippen LogP contribution in [-0.4, -0.2) is 72.5 Å². The SMILES string of the molecule is CCC1O[C@@H](O[C@H]2CC[C@@]3(C)C(=CC[C@H]4[C@@H]5C[C@@H]6O[C@]7(CC[C@@H](C)CO7)[C@@H](C)[C@@H]6[C@@]5(C)CC[C@@H]43)C2)C(O[C@@H]2CC(C)[C@H](C)[C@H](C)C2OC(=O)c2ccccc2)[C@@H](C)[C@@H]1O. The lowest BCUT2D eigenvalue weighted by atomic mass is 9.47. The standard InChI is InChI=1S/C51H76O8/c1-10-40-44(52)32(6)46(56-42-24-29(3)30(4)31(5)45(42)58-47(53)34-14-12-11-13-15-34)48(57-40)55-36-19-21-49(8)35(25-36)16-17-37-38(49)20-22-50(9)39(37)26-41-43(50)33(7)51(59-41)23-18-28(2)27-54-51/h11-16,28-33,36-46,48,52H,10,17-27H2,1-9H3/t28-,29?,30+,31+,32+,33+,36+,37-,38+,39+,40?,41+,42-,43+,44+,45?,46?,48-,49+,50+,51-/m1/s1. The highest BCUT2D eigenvalue weighted by atomic mass is 16.7. The van der Waals surface area contributed by atoms with Gasteiger partial charge in [-0.15, -0.1) is 0 Å². The van der Waals surface area contributed by atoms with E-state index < -0.39 is 24.6 Å². The van der Waals surface area contributed by atoms with Crippen molar-refractivity contribution in [2.75, 3.05) is 6.61 Å². The van der Waals surface area contributed by atoms with Crippen LogP contribution in [0.3, 0.4) is 0 Å². The first-order valence-electron chi connectivity index (χ1n) is 24.1. The van der Waals surface area contributed by atoms with Crippen molar-refractivity contribution in [2.45, 2.75) is 188 Å². The molecule has 8 aliphatic rings. The molecule has 59 heavy (non-hydrogen) atoms. The fourth-order valence-corrected chi connectivity index (χ4v) is 14.9. The molecule has 1 aromatic carbocycles. The zero-order chi connectivity index (χ0) is 41.6. The average molecular weight is 817 g/mol. The van der Waals surface area contributed by atoms with E-state index in [1.54, 1.807) is 17.7 Å². The Kier molecular flexibility index (Phi) is 11.6. The molecule has 0 amide bonds. The minimum Gasteiger partial charge on any atom is -0.456 e. The number of benzene rings is 1. The molecule has 3 heterocycles. The van der Waals surface area contributed by atoms with Crippen molar-refractivity contribution in [1.29, 1.82) is 0 Å². The molecule has 1 spiro atoms. The van der Waals surface area contributed by atoms with Gasteiger partial charge < -0.3 is 33.5 Å². The summed E-state index contributed by atoms with van der Waals surface area (Å²) in [7, 11) is 0. The lowest BCUT2D eigenvalue weighted by molar-refractivity contribution is -0.319. The van der Waals surface area contributed by atoms with Crippen LogP contribution in [0.2, 0.25) is 0 Å². The molecule has 0 bridgehead atoms. The first kappa shape index (κ1) is 42.5. The fraction of sp³-hybridized carbons (Fsp3) is 0.824. The smallest absolute Gasteiger partial charge is 0.338 e. The highest BCUT2D eigenvalue weighted by Gasteiger charge is 2.69. The molecule has 7 fully saturated rings. The fourth-order valence-electron chi connectivity index (χ4n) is 14.9. The normalized spacial score (nSPS) is 51.9. The monoisotopic (exact) mass is 817 g/mol. The second kappa shape index (κ2) is 16.1. The van der Waals surface area contributed by atoms with Gasteiger partial charge in [-0.3, -0.25) is 0 Å². The molecule has 5 aliphatic carbocycles. The van der Waals surface area contributed by atoms with Gasteiger partial charge in [-0.2, -0.15) is 0 Å². The summed E-state index contributed by atoms with van der Waals surface area (Å²) in [5.41, 5.74) is 2.61. The summed E-state index contributed by atoms with van der Waals surface area (Å²) in [5.74, 6) is 3.68. The molecule has 328 valence electrons. The molecule has 9 rings (SSSR count). The van der Waals surface area contributed by atoms with Gasteiger partial charge in [0.05, 0.1) is 42.7 Å². The minimum atomic E-state index is -0.676. The Morgan fingerprint density at radius 2 is 1.66 bits per heavy atom. The Labute approximate surface area is 355 Å². The lowest BCUT2D eigenvalue weighted by Crippen LogP contribution is -2.59. The van der Waals surface area contributed by atoms with Gasteiger partial charge in [-0.1, -0.05) is 92.2 Å². The van der Waals surface area contributed by atoms with Gasteiger partial charge >= 0.3 is 5.97 Å². The quantitative estimate of drug-likeness (QED) is 0.215. The first-order chi connectivity index (χ1) is 28.2. The molecule has 3 saturated heterocycles. The van der Waals surface area contributed by atoms with Crippen LogP contribution < -0.4 is 0 Å². The lowest BCUT2D eigenvalue weighted by Gasteiger charge is -2.59. The summed E-state index contributed by atoms with van der Waals surface area (Å²) in [6.07, 6.45) is 11.7. The zero-order valence-corrected chi connectivity index (χ0v) is 37.6. The predicted molar refractivity (Wildman–Crippen MR) is 227 cm³/mol. The Balaban J connectivity index is 0.903. The third-order valence-electron chi connectivity index (χ3n) is 18.9. The largest absolute Gasteiger partial charge is 0.456 e. The van der Waals surface area contributed by atoms with Crippen LogP contribution in [0, 0.1) is 70.0 Å². The topological polar surface area (TPSA) is 92.7 Å². The van der Waals surface area contributed by atoms with Crippen LogP contribution in [0.25, 0.3) is 0 Å². The summed E-state index contributed by atoms with van der Waals surface area (Å²) in [4.78, 5) is 13.5. The Morgan fingerprint density at radius 3 is 2.39 bits per heavy atom. The van der Waals surface area contributed by atoms with E-state index in [0.29, 0.717) is 70.8 Å². The highest BCUT2D eigenvalue weighted by Crippen LogP contribution is 2.70. The molecule has 3 aliphatic heterocycles. The van der Waals surface area contributed by atoms with Crippen molar-refractivity contribution in [3.05, 3.63) is 47.5 Å². The van der Waals surface area contributed by atoms with Crippen LogP contribution in [0.4, 0.5) is 0 Å². The number of aliphatic hydroxyl groups excluding tert-OH is 1. The van der Waals surface area contributed by atoms with Crippen LogP contribution in [0.5, 0.6) is 0 Å². The van der Waals surface area contributed by atoms with Crippen LogP contribution in [0.1, 0.15) is 143 Å². The summed E-state index contributed by atoms with van der Waals surface area (Å²) in [5, 5.41) is 11.5. The van der Waals surface area contributed by atoms with E-state index in [-0.39, 0.29) is 47.3 Å². The van der Waals surface area contributed by atoms with Crippen molar-refractivity contribution in [3.8, 4) is 0 Å². The van der Waals surface area contributed by atoms with Gasteiger partial charge in [0.15, 0.2) is 12.1 Å². The molecule has 8 heteroatoms. The molecule has 4 unspecified atom stereocenters.